The predicted octanol–water partition coefficient (Wildman–Crippen LogP) is 4.02. The number of hydrogen-bond donors (Lipinski definition) is 1. The van der Waals surface area contributed by atoms with Gasteiger partial charge in [-0.05, 0) is 42.8 Å². The Bertz CT molecular complexity index is 1460. The molecule has 0 bridgehead atoms. The van der Waals surface area contributed by atoms with Gasteiger partial charge in [0.15, 0.2) is 0 Å². The van der Waals surface area contributed by atoms with Gasteiger partial charge in [0.2, 0.25) is 11.9 Å². The maximum Gasteiger partial charge on any atom is 0.264 e. The maximum absolute atomic E-state index is 13.2. The number of nitrogens with one attached hydrogen (secondary N) is 1. The van der Waals surface area contributed by atoms with E-state index in [9.17, 15) is 14.4 Å². The summed E-state index contributed by atoms with van der Waals surface area (Å²) in [6.07, 6.45) is 2.15. The zero-order valence-corrected chi connectivity index (χ0v) is 20.4. The zero-order chi connectivity index (χ0) is 24.5. The lowest BCUT2D eigenvalue weighted by atomic mass is 10.1. The van der Waals surface area contributed by atoms with E-state index in [1.165, 1.54) is 11.3 Å². The number of aromatic nitrogens is 2. The van der Waals surface area contributed by atoms with Gasteiger partial charge < -0.3 is 15.1 Å². The van der Waals surface area contributed by atoms with Gasteiger partial charge in [0, 0.05) is 66.9 Å². The van der Waals surface area contributed by atoms with Crippen LogP contribution in [0, 0.1) is 0 Å². The third-order valence-corrected chi connectivity index (χ3v) is 7.19. The summed E-state index contributed by atoms with van der Waals surface area (Å²) in [6.45, 7) is 5.32. The quantitative estimate of drug-likeness (QED) is 0.457. The number of Topliss-reactive ketones (excluding diaryl/α,β-unsaturated/α-hetero) is 1. The van der Waals surface area contributed by atoms with Gasteiger partial charge in [0.25, 0.3) is 5.91 Å². The number of anilines is 2. The van der Waals surface area contributed by atoms with Crippen LogP contribution in [0.15, 0.2) is 48.7 Å². The van der Waals surface area contributed by atoms with Crippen molar-refractivity contribution in [1.82, 2.24) is 19.8 Å². The van der Waals surface area contributed by atoms with Crippen molar-refractivity contribution in [1.29, 1.82) is 0 Å². The van der Waals surface area contributed by atoms with Crippen molar-refractivity contribution >= 4 is 61.6 Å². The van der Waals surface area contributed by atoms with Gasteiger partial charge in [0.05, 0.1) is 10.4 Å². The molecule has 0 unspecified atom stereocenters. The highest BCUT2D eigenvalue weighted by Crippen LogP contribution is 2.32. The van der Waals surface area contributed by atoms with E-state index in [0.29, 0.717) is 43.4 Å². The van der Waals surface area contributed by atoms with Crippen LogP contribution >= 0.6 is 11.3 Å². The minimum absolute atomic E-state index is 0.0164. The Balaban J connectivity index is 1.41. The van der Waals surface area contributed by atoms with Gasteiger partial charge in [-0.15, -0.1) is 11.3 Å². The van der Waals surface area contributed by atoms with Crippen molar-refractivity contribution in [2.45, 2.75) is 20.3 Å². The lowest BCUT2D eigenvalue weighted by Crippen LogP contribution is -2.49. The molecule has 9 heteroatoms. The normalized spacial score (nSPS) is 13.9. The molecule has 35 heavy (non-hydrogen) atoms. The van der Waals surface area contributed by atoms with Gasteiger partial charge in [-0.3, -0.25) is 14.4 Å². The maximum atomic E-state index is 13.2. The first-order chi connectivity index (χ1) is 16.9. The van der Waals surface area contributed by atoms with E-state index in [2.05, 4.69) is 10.3 Å². The molecule has 0 saturated carbocycles. The number of hydrogen-bond acceptors (Lipinski definition) is 7. The summed E-state index contributed by atoms with van der Waals surface area (Å²) in [5.41, 5.74) is 2.51. The second-order valence-corrected chi connectivity index (χ2v) is 9.81. The lowest BCUT2D eigenvalue weighted by molar-refractivity contribution is -0.130. The van der Waals surface area contributed by atoms with Crippen LogP contribution in [0.1, 0.15) is 29.1 Å². The molecule has 5 rings (SSSR count). The standard InChI is InChI=1S/C26H25N5O3S/c1-16(32)12-18-4-3-5-20(13-18)28-26-27-15-19-6-7-22-21(24(19)29-26)14-23(35-22)25(34)31-10-8-30(9-11-31)17(2)33/h3-7,13-15H,8-12H2,1-2H3,(H,27,28,29). The number of fused-ring (bicyclic) bond motifs is 3. The number of ketones is 1. The van der Waals surface area contributed by atoms with E-state index in [1.54, 1.807) is 24.9 Å². The van der Waals surface area contributed by atoms with E-state index >= 15 is 0 Å². The highest BCUT2D eigenvalue weighted by atomic mass is 32.1. The molecule has 1 aliphatic heterocycles. The Morgan fingerprint density at radius 3 is 2.51 bits per heavy atom. The molecule has 3 heterocycles. The van der Waals surface area contributed by atoms with Crippen LogP contribution in [0.4, 0.5) is 11.6 Å². The summed E-state index contributed by atoms with van der Waals surface area (Å²) < 4.78 is 0.983. The predicted molar refractivity (Wildman–Crippen MR) is 137 cm³/mol. The van der Waals surface area contributed by atoms with E-state index < -0.39 is 0 Å². The SMILES string of the molecule is CC(=O)Cc1cccc(Nc2ncc3ccc4sc(C(=O)N5CCN(C(C)=O)CC5)cc4c3n2)c1. The number of nitrogens with zero attached hydrogens (tertiary/aromatic N) is 4. The second kappa shape index (κ2) is 9.42. The molecule has 4 aromatic rings. The largest absolute Gasteiger partial charge is 0.339 e. The summed E-state index contributed by atoms with van der Waals surface area (Å²) in [6, 6.07) is 13.5. The van der Waals surface area contributed by atoms with Crippen LogP contribution in [0.5, 0.6) is 0 Å². The fraction of sp³-hybridized carbons (Fsp3) is 0.269. The molecule has 1 N–H and O–H groups in total. The zero-order valence-electron chi connectivity index (χ0n) is 19.6. The van der Waals surface area contributed by atoms with Crippen LogP contribution in [0.3, 0.4) is 0 Å². The highest BCUT2D eigenvalue weighted by molar-refractivity contribution is 7.21. The van der Waals surface area contributed by atoms with Crippen LogP contribution in [-0.2, 0) is 16.0 Å². The second-order valence-electron chi connectivity index (χ2n) is 8.72. The smallest absolute Gasteiger partial charge is 0.264 e. The number of piperazine rings is 1. The third-order valence-electron chi connectivity index (χ3n) is 6.11. The number of amides is 2. The Morgan fingerprint density at radius 2 is 1.77 bits per heavy atom. The topological polar surface area (TPSA) is 95.5 Å². The first-order valence-electron chi connectivity index (χ1n) is 11.5. The molecule has 0 atom stereocenters. The van der Waals surface area contributed by atoms with Gasteiger partial charge in [-0.1, -0.05) is 12.1 Å². The fourth-order valence-corrected chi connectivity index (χ4v) is 5.36. The van der Waals surface area contributed by atoms with Crippen molar-refractivity contribution in [3.05, 3.63) is 59.1 Å². The van der Waals surface area contributed by atoms with Crippen molar-refractivity contribution in [2.24, 2.45) is 0 Å². The summed E-state index contributed by atoms with van der Waals surface area (Å²) in [5, 5.41) is 5.03. The molecule has 0 aliphatic carbocycles. The lowest BCUT2D eigenvalue weighted by Gasteiger charge is -2.33. The summed E-state index contributed by atoms with van der Waals surface area (Å²) in [4.78, 5) is 49.6. The first-order valence-corrected chi connectivity index (χ1v) is 12.3. The number of rotatable bonds is 5. The molecular formula is C26H25N5O3S. The van der Waals surface area contributed by atoms with Crippen LogP contribution in [0.2, 0.25) is 0 Å². The summed E-state index contributed by atoms with van der Waals surface area (Å²) in [5.74, 6) is 0.580. The average Bonchev–Trinajstić information content (AvgIpc) is 3.28. The summed E-state index contributed by atoms with van der Waals surface area (Å²) >= 11 is 1.45. The van der Waals surface area contributed by atoms with Crippen molar-refractivity contribution in [2.75, 3.05) is 31.5 Å². The molecule has 2 amide bonds. The average molecular weight is 488 g/mol. The number of thiophene rings is 1. The van der Waals surface area contributed by atoms with Gasteiger partial charge in [-0.25, -0.2) is 9.97 Å². The molecule has 0 radical (unpaired) electrons. The summed E-state index contributed by atoms with van der Waals surface area (Å²) in [7, 11) is 0. The Hall–Kier alpha value is -3.85. The molecule has 178 valence electrons. The van der Waals surface area contributed by atoms with Crippen LogP contribution in [0.25, 0.3) is 21.0 Å². The molecule has 0 spiro atoms. The molecule has 8 nitrogen and oxygen atoms in total. The van der Waals surface area contributed by atoms with Crippen molar-refractivity contribution in [3.63, 3.8) is 0 Å². The highest BCUT2D eigenvalue weighted by Gasteiger charge is 2.25. The minimum atomic E-state index is -0.0164. The number of benzene rings is 2. The van der Waals surface area contributed by atoms with E-state index in [1.807, 2.05) is 47.4 Å². The fourth-order valence-electron chi connectivity index (χ4n) is 4.33. The molecule has 1 aliphatic rings. The van der Waals surface area contributed by atoms with Gasteiger partial charge >= 0.3 is 0 Å². The van der Waals surface area contributed by atoms with Crippen molar-refractivity contribution < 1.29 is 14.4 Å². The molecule has 1 saturated heterocycles. The molecular weight excluding hydrogens is 462 g/mol. The van der Waals surface area contributed by atoms with E-state index in [-0.39, 0.29) is 17.6 Å². The first kappa shape index (κ1) is 22.9. The monoisotopic (exact) mass is 487 g/mol. The van der Waals surface area contributed by atoms with Crippen LogP contribution < -0.4 is 5.32 Å². The Kier molecular flexibility index (Phi) is 6.17. The van der Waals surface area contributed by atoms with Gasteiger partial charge in [-0.2, -0.15) is 0 Å². The number of carbonyl (C=O) groups is 3. The van der Waals surface area contributed by atoms with E-state index in [4.69, 9.17) is 4.98 Å². The number of carbonyl (C=O) groups excluding carboxylic acids is 3. The Labute approximate surface area is 206 Å². The Morgan fingerprint density at radius 1 is 1.00 bits per heavy atom. The van der Waals surface area contributed by atoms with Gasteiger partial charge in [0.1, 0.15) is 5.78 Å². The van der Waals surface area contributed by atoms with E-state index in [0.717, 1.165) is 32.2 Å². The minimum Gasteiger partial charge on any atom is -0.339 e. The molecule has 2 aromatic carbocycles. The van der Waals surface area contributed by atoms with Crippen LogP contribution in [-0.4, -0.2) is 63.5 Å². The third kappa shape index (κ3) is 4.85. The molecule has 2 aromatic heterocycles. The molecule has 1 fully saturated rings. The van der Waals surface area contributed by atoms with Crippen molar-refractivity contribution in [3.8, 4) is 0 Å².